The lowest BCUT2D eigenvalue weighted by Crippen LogP contribution is -2.50. The first-order chi connectivity index (χ1) is 13.6. The third kappa shape index (κ3) is 5.27. The number of carbonyl (C=O) groups excluding carboxylic acids is 2. The smallest absolute Gasteiger partial charge is 0.338 e. The van der Waals surface area contributed by atoms with Gasteiger partial charge in [-0.3, -0.25) is 4.79 Å². The number of anilines is 1. The standard InChI is InChI=1S/C23H34N2O3/c1-24(2)19-15-13-18(14-16-19)23(27)28-17-22(26)25(20-9-5-3-6-10-20)21-11-7-4-8-12-21/h13-16,20-21H,3-12,17H2,1-2H3. The molecule has 0 aliphatic heterocycles. The summed E-state index contributed by atoms with van der Waals surface area (Å²) >= 11 is 0. The molecule has 5 heteroatoms. The van der Waals surface area contributed by atoms with Crippen molar-refractivity contribution in [2.45, 2.75) is 76.3 Å². The molecule has 0 radical (unpaired) electrons. The minimum Gasteiger partial charge on any atom is -0.452 e. The highest BCUT2D eigenvalue weighted by molar-refractivity contribution is 5.91. The second kappa shape index (κ2) is 9.94. The Morgan fingerprint density at radius 1 is 0.857 bits per heavy atom. The van der Waals surface area contributed by atoms with E-state index < -0.39 is 5.97 Å². The number of carbonyl (C=O) groups is 2. The molecular formula is C23H34N2O3. The van der Waals surface area contributed by atoms with Gasteiger partial charge in [0.2, 0.25) is 0 Å². The van der Waals surface area contributed by atoms with E-state index in [-0.39, 0.29) is 12.5 Å². The first-order valence-corrected chi connectivity index (χ1v) is 10.8. The number of benzene rings is 1. The van der Waals surface area contributed by atoms with E-state index in [1.807, 2.05) is 31.1 Å². The fourth-order valence-corrected chi connectivity index (χ4v) is 4.60. The van der Waals surface area contributed by atoms with Gasteiger partial charge in [-0.2, -0.15) is 0 Å². The van der Waals surface area contributed by atoms with E-state index in [2.05, 4.69) is 4.90 Å². The molecule has 0 atom stereocenters. The highest BCUT2D eigenvalue weighted by Crippen LogP contribution is 2.30. The fourth-order valence-electron chi connectivity index (χ4n) is 4.60. The van der Waals surface area contributed by atoms with Crippen LogP contribution < -0.4 is 4.90 Å². The van der Waals surface area contributed by atoms with Gasteiger partial charge in [-0.25, -0.2) is 4.79 Å². The van der Waals surface area contributed by atoms with Crippen LogP contribution in [0.2, 0.25) is 0 Å². The summed E-state index contributed by atoms with van der Waals surface area (Å²) in [6.07, 6.45) is 11.6. The van der Waals surface area contributed by atoms with Crippen LogP contribution in [0.3, 0.4) is 0 Å². The van der Waals surface area contributed by atoms with Crippen molar-refractivity contribution in [2.75, 3.05) is 25.6 Å². The van der Waals surface area contributed by atoms with Gasteiger partial charge in [0.05, 0.1) is 5.56 Å². The molecule has 0 aromatic heterocycles. The molecule has 2 saturated carbocycles. The monoisotopic (exact) mass is 386 g/mol. The minimum absolute atomic E-state index is 0.0166. The first-order valence-electron chi connectivity index (χ1n) is 10.8. The maximum absolute atomic E-state index is 13.1. The minimum atomic E-state index is -0.425. The van der Waals surface area contributed by atoms with E-state index in [1.54, 1.807) is 12.1 Å². The second-order valence-electron chi connectivity index (χ2n) is 8.40. The summed E-state index contributed by atoms with van der Waals surface area (Å²) in [5, 5.41) is 0. The Morgan fingerprint density at radius 3 is 1.82 bits per heavy atom. The van der Waals surface area contributed by atoms with Crippen molar-refractivity contribution in [1.29, 1.82) is 0 Å². The molecule has 0 N–H and O–H groups in total. The largest absolute Gasteiger partial charge is 0.452 e. The van der Waals surface area contributed by atoms with Crippen LogP contribution in [0.1, 0.15) is 74.6 Å². The zero-order valence-electron chi connectivity index (χ0n) is 17.4. The van der Waals surface area contributed by atoms with Gasteiger partial charge in [0.15, 0.2) is 6.61 Å². The van der Waals surface area contributed by atoms with Gasteiger partial charge in [0.25, 0.3) is 5.91 Å². The van der Waals surface area contributed by atoms with Crippen molar-refractivity contribution >= 4 is 17.6 Å². The van der Waals surface area contributed by atoms with Crippen LogP contribution in [-0.4, -0.2) is 49.6 Å². The third-order valence-corrected chi connectivity index (χ3v) is 6.17. The Balaban J connectivity index is 1.61. The highest BCUT2D eigenvalue weighted by atomic mass is 16.5. The lowest BCUT2D eigenvalue weighted by molar-refractivity contribution is -0.141. The number of hydrogen-bond donors (Lipinski definition) is 0. The predicted octanol–water partition coefficient (Wildman–Crippen LogP) is 4.40. The summed E-state index contributed by atoms with van der Waals surface area (Å²) in [6.45, 7) is -0.152. The normalized spacial score (nSPS) is 18.5. The maximum Gasteiger partial charge on any atom is 0.338 e. The number of rotatable bonds is 6. The van der Waals surface area contributed by atoms with Gasteiger partial charge in [0, 0.05) is 31.9 Å². The summed E-state index contributed by atoms with van der Waals surface area (Å²) in [4.78, 5) is 29.5. The number of ether oxygens (including phenoxy) is 1. The molecule has 3 rings (SSSR count). The summed E-state index contributed by atoms with van der Waals surface area (Å²) in [7, 11) is 3.91. The summed E-state index contributed by atoms with van der Waals surface area (Å²) in [5.41, 5.74) is 1.51. The number of esters is 1. The molecule has 1 amide bonds. The Labute approximate surface area is 169 Å². The van der Waals surface area contributed by atoms with Crippen LogP contribution in [-0.2, 0) is 9.53 Å². The van der Waals surface area contributed by atoms with Gasteiger partial charge in [-0.05, 0) is 49.9 Å². The maximum atomic E-state index is 13.1. The van der Waals surface area contributed by atoms with E-state index in [4.69, 9.17) is 4.74 Å². The molecule has 1 aromatic rings. The van der Waals surface area contributed by atoms with Gasteiger partial charge in [-0.15, -0.1) is 0 Å². The average molecular weight is 387 g/mol. The van der Waals surface area contributed by atoms with Crippen LogP contribution in [0.25, 0.3) is 0 Å². The fraction of sp³-hybridized carbons (Fsp3) is 0.652. The Kier molecular flexibility index (Phi) is 7.35. The molecule has 0 saturated heterocycles. The number of hydrogen-bond acceptors (Lipinski definition) is 4. The van der Waals surface area contributed by atoms with Gasteiger partial charge >= 0.3 is 5.97 Å². The van der Waals surface area contributed by atoms with Crippen molar-refractivity contribution in [1.82, 2.24) is 4.90 Å². The SMILES string of the molecule is CN(C)c1ccc(C(=O)OCC(=O)N(C2CCCCC2)C2CCCCC2)cc1. The molecule has 0 unspecified atom stereocenters. The lowest BCUT2D eigenvalue weighted by atomic mass is 9.88. The molecule has 1 aromatic carbocycles. The molecule has 2 aliphatic rings. The zero-order valence-corrected chi connectivity index (χ0v) is 17.4. The van der Waals surface area contributed by atoms with Crippen LogP contribution >= 0.6 is 0 Å². The first kappa shape index (κ1) is 20.7. The summed E-state index contributed by atoms with van der Waals surface area (Å²) in [5.74, 6) is -0.442. The molecule has 0 heterocycles. The average Bonchev–Trinajstić information content (AvgIpc) is 2.74. The summed E-state index contributed by atoms with van der Waals surface area (Å²) in [6, 6.07) is 7.92. The Bertz CT molecular complexity index is 626. The van der Waals surface area contributed by atoms with Crippen molar-refractivity contribution in [3.05, 3.63) is 29.8 Å². The second-order valence-corrected chi connectivity index (χ2v) is 8.40. The summed E-state index contributed by atoms with van der Waals surface area (Å²) < 4.78 is 5.41. The van der Waals surface area contributed by atoms with Gasteiger partial charge < -0.3 is 14.5 Å². The van der Waals surface area contributed by atoms with Crippen molar-refractivity contribution < 1.29 is 14.3 Å². The van der Waals surface area contributed by atoms with Crippen LogP contribution in [0, 0.1) is 0 Å². The highest BCUT2D eigenvalue weighted by Gasteiger charge is 2.32. The quantitative estimate of drug-likeness (QED) is 0.680. The molecule has 2 fully saturated rings. The van der Waals surface area contributed by atoms with Crippen molar-refractivity contribution in [2.24, 2.45) is 0 Å². The Morgan fingerprint density at radius 2 is 1.36 bits per heavy atom. The molecule has 0 spiro atoms. The predicted molar refractivity (Wildman–Crippen MR) is 112 cm³/mol. The van der Waals surface area contributed by atoms with E-state index in [0.29, 0.717) is 17.6 Å². The molecule has 0 bridgehead atoms. The van der Waals surface area contributed by atoms with E-state index >= 15 is 0 Å². The van der Waals surface area contributed by atoms with Crippen molar-refractivity contribution in [3.63, 3.8) is 0 Å². The number of nitrogens with zero attached hydrogens (tertiary/aromatic N) is 2. The zero-order chi connectivity index (χ0) is 19.9. The van der Waals surface area contributed by atoms with E-state index in [0.717, 1.165) is 31.4 Å². The molecule has 154 valence electrons. The van der Waals surface area contributed by atoms with Gasteiger partial charge in [-0.1, -0.05) is 38.5 Å². The van der Waals surface area contributed by atoms with Crippen LogP contribution in [0.5, 0.6) is 0 Å². The van der Waals surface area contributed by atoms with Crippen LogP contribution in [0.4, 0.5) is 5.69 Å². The topological polar surface area (TPSA) is 49.9 Å². The van der Waals surface area contributed by atoms with E-state index in [1.165, 1.54) is 38.5 Å². The number of amides is 1. The molecular weight excluding hydrogens is 352 g/mol. The third-order valence-electron chi connectivity index (χ3n) is 6.17. The molecule has 2 aliphatic carbocycles. The van der Waals surface area contributed by atoms with E-state index in [9.17, 15) is 9.59 Å². The Hall–Kier alpha value is -2.04. The molecule has 28 heavy (non-hydrogen) atoms. The lowest BCUT2D eigenvalue weighted by Gasteiger charge is -2.41. The van der Waals surface area contributed by atoms with Gasteiger partial charge in [0.1, 0.15) is 0 Å². The van der Waals surface area contributed by atoms with Crippen LogP contribution in [0.15, 0.2) is 24.3 Å². The van der Waals surface area contributed by atoms with Crippen molar-refractivity contribution in [3.8, 4) is 0 Å². The molecule has 5 nitrogen and oxygen atoms in total.